The average molecular weight is 299 g/mol. The van der Waals surface area contributed by atoms with Gasteiger partial charge in [0.2, 0.25) is 10.0 Å². The van der Waals surface area contributed by atoms with Crippen molar-refractivity contribution in [3.63, 3.8) is 0 Å². The summed E-state index contributed by atoms with van der Waals surface area (Å²) in [5, 5.41) is 9.32. The Morgan fingerprint density at radius 2 is 1.71 bits per heavy atom. The molecule has 3 N–H and O–H groups in total. The van der Waals surface area contributed by atoms with Gasteiger partial charge in [0.25, 0.3) is 0 Å². The zero-order valence-electron chi connectivity index (χ0n) is 11.0. The molecule has 21 heavy (non-hydrogen) atoms. The molecule has 0 amide bonds. The van der Waals surface area contributed by atoms with Gasteiger partial charge in [0.05, 0.1) is 10.4 Å². The number of nitrogens with zero attached hydrogens (tertiary/aromatic N) is 1. The van der Waals surface area contributed by atoms with Gasteiger partial charge >= 0.3 is 0 Å². The molecule has 0 aliphatic rings. The van der Waals surface area contributed by atoms with Crippen LogP contribution in [0.2, 0.25) is 0 Å². The lowest BCUT2D eigenvalue weighted by Gasteiger charge is -2.09. The molecule has 106 valence electrons. The van der Waals surface area contributed by atoms with Crippen LogP contribution in [0.1, 0.15) is 0 Å². The molecule has 3 rings (SSSR count). The number of nitrogens with two attached hydrogens (primary N) is 1. The quantitative estimate of drug-likeness (QED) is 0.778. The topological polar surface area (TPSA) is 85.1 Å². The molecule has 6 heteroatoms. The van der Waals surface area contributed by atoms with Crippen LogP contribution in [0, 0.1) is 0 Å². The predicted molar refractivity (Wildman–Crippen MR) is 82.8 cm³/mol. The Kier molecular flexibility index (Phi) is 3.32. The van der Waals surface area contributed by atoms with E-state index in [0.717, 1.165) is 22.3 Å². The lowest BCUT2D eigenvalue weighted by Crippen LogP contribution is -2.11. The van der Waals surface area contributed by atoms with Gasteiger partial charge in [-0.05, 0) is 48.5 Å². The Morgan fingerprint density at radius 1 is 0.952 bits per heavy atom. The monoisotopic (exact) mass is 299 g/mol. The van der Waals surface area contributed by atoms with Crippen LogP contribution in [0.4, 0.5) is 11.4 Å². The summed E-state index contributed by atoms with van der Waals surface area (Å²) in [6.07, 6.45) is 1.74. The maximum Gasteiger partial charge on any atom is 0.238 e. The minimum absolute atomic E-state index is 0.0904. The number of sulfonamides is 1. The molecule has 2 aromatic carbocycles. The summed E-state index contributed by atoms with van der Waals surface area (Å²) >= 11 is 0. The first-order valence-corrected chi connectivity index (χ1v) is 7.82. The predicted octanol–water partition coefficient (Wildman–Crippen LogP) is 2.63. The highest BCUT2D eigenvalue weighted by atomic mass is 32.2. The van der Waals surface area contributed by atoms with E-state index in [0.29, 0.717) is 0 Å². The number of pyridine rings is 1. The van der Waals surface area contributed by atoms with E-state index in [1.54, 1.807) is 18.3 Å². The molecule has 0 bridgehead atoms. The lowest BCUT2D eigenvalue weighted by molar-refractivity contribution is 0.598. The van der Waals surface area contributed by atoms with Crippen molar-refractivity contribution in [1.29, 1.82) is 0 Å². The number of nitrogens with one attached hydrogen (secondary N) is 1. The molecule has 0 unspecified atom stereocenters. The van der Waals surface area contributed by atoms with Crippen LogP contribution in [0.3, 0.4) is 0 Å². The molecule has 3 aromatic rings. The molecule has 1 aromatic heterocycles. The zero-order chi connectivity index (χ0) is 14.9. The summed E-state index contributed by atoms with van der Waals surface area (Å²) in [5.74, 6) is 0. The van der Waals surface area contributed by atoms with Gasteiger partial charge in [-0.1, -0.05) is 6.07 Å². The van der Waals surface area contributed by atoms with Crippen molar-refractivity contribution in [3.05, 3.63) is 60.8 Å². The minimum atomic E-state index is -3.66. The van der Waals surface area contributed by atoms with Gasteiger partial charge in [-0.3, -0.25) is 4.98 Å². The molecule has 0 spiro atoms. The third-order valence-corrected chi connectivity index (χ3v) is 4.04. The number of rotatable bonds is 3. The van der Waals surface area contributed by atoms with E-state index in [1.807, 2.05) is 30.3 Å². The van der Waals surface area contributed by atoms with Crippen molar-refractivity contribution in [3.8, 4) is 0 Å². The van der Waals surface area contributed by atoms with E-state index in [-0.39, 0.29) is 4.90 Å². The van der Waals surface area contributed by atoms with Crippen LogP contribution >= 0.6 is 0 Å². The molecule has 1 heterocycles. The Balaban J connectivity index is 1.96. The van der Waals surface area contributed by atoms with Gasteiger partial charge in [-0.15, -0.1) is 0 Å². The summed E-state index contributed by atoms with van der Waals surface area (Å²) in [6, 6.07) is 15.9. The molecule has 5 nitrogen and oxygen atoms in total. The van der Waals surface area contributed by atoms with E-state index in [1.165, 1.54) is 12.1 Å². The van der Waals surface area contributed by atoms with Crippen LogP contribution in [0.5, 0.6) is 0 Å². The highest BCUT2D eigenvalue weighted by molar-refractivity contribution is 7.89. The van der Waals surface area contributed by atoms with Gasteiger partial charge in [0.1, 0.15) is 0 Å². The zero-order valence-corrected chi connectivity index (χ0v) is 11.8. The molecular formula is C15H13N3O2S. The third kappa shape index (κ3) is 2.86. The molecule has 0 radical (unpaired) electrons. The van der Waals surface area contributed by atoms with Crippen LogP contribution in [0.15, 0.2) is 65.7 Å². The van der Waals surface area contributed by atoms with E-state index in [9.17, 15) is 8.42 Å². The Bertz CT molecular complexity index is 885. The second-order valence-corrected chi connectivity index (χ2v) is 6.13. The van der Waals surface area contributed by atoms with Crippen LogP contribution in [-0.2, 0) is 10.0 Å². The van der Waals surface area contributed by atoms with Crippen molar-refractivity contribution in [2.75, 3.05) is 5.32 Å². The molecule has 0 saturated heterocycles. The van der Waals surface area contributed by atoms with E-state index in [2.05, 4.69) is 10.3 Å². The molecular weight excluding hydrogens is 286 g/mol. The number of primary sulfonamides is 1. The third-order valence-electron chi connectivity index (χ3n) is 3.11. The number of hydrogen-bond donors (Lipinski definition) is 2. The highest BCUT2D eigenvalue weighted by Gasteiger charge is 2.07. The maximum atomic E-state index is 11.2. The number of anilines is 2. The van der Waals surface area contributed by atoms with Crippen LogP contribution < -0.4 is 10.5 Å². The average Bonchev–Trinajstić information content (AvgIpc) is 2.47. The second kappa shape index (κ2) is 5.16. The van der Waals surface area contributed by atoms with Gasteiger partial charge in [-0.25, -0.2) is 13.6 Å². The second-order valence-electron chi connectivity index (χ2n) is 4.57. The van der Waals surface area contributed by atoms with Gasteiger partial charge in [0.15, 0.2) is 0 Å². The van der Waals surface area contributed by atoms with Crippen LogP contribution in [0.25, 0.3) is 10.9 Å². The Morgan fingerprint density at radius 3 is 2.43 bits per heavy atom. The maximum absolute atomic E-state index is 11.2. The fourth-order valence-electron chi connectivity index (χ4n) is 2.10. The molecule has 0 atom stereocenters. The summed E-state index contributed by atoms with van der Waals surface area (Å²) in [4.78, 5) is 4.38. The number of fused-ring (bicyclic) bond motifs is 1. The number of benzene rings is 2. The Labute approximate surface area is 122 Å². The summed E-state index contributed by atoms with van der Waals surface area (Å²) < 4.78 is 22.5. The standard InChI is InChI=1S/C15H13N3O2S/c16-21(19,20)12-8-6-11(7-9-12)18-15-5-1-4-14-13(15)3-2-10-17-14/h1-10,18H,(H2,16,19,20). The first-order valence-electron chi connectivity index (χ1n) is 6.28. The summed E-state index contributed by atoms with van der Waals surface area (Å²) in [6.45, 7) is 0. The SMILES string of the molecule is NS(=O)(=O)c1ccc(Nc2cccc3ncccc23)cc1. The molecule has 0 aliphatic heterocycles. The largest absolute Gasteiger partial charge is 0.355 e. The smallest absolute Gasteiger partial charge is 0.238 e. The van der Waals surface area contributed by atoms with Gasteiger partial charge in [0, 0.05) is 23.0 Å². The summed E-state index contributed by atoms with van der Waals surface area (Å²) in [7, 11) is -3.66. The lowest BCUT2D eigenvalue weighted by atomic mass is 10.1. The molecule has 0 aliphatic carbocycles. The number of hydrogen-bond acceptors (Lipinski definition) is 4. The van der Waals surface area contributed by atoms with Crippen LogP contribution in [-0.4, -0.2) is 13.4 Å². The minimum Gasteiger partial charge on any atom is -0.355 e. The first kappa shape index (κ1) is 13.5. The van der Waals surface area contributed by atoms with E-state index in [4.69, 9.17) is 5.14 Å². The highest BCUT2D eigenvalue weighted by Crippen LogP contribution is 2.25. The van der Waals surface area contributed by atoms with E-state index < -0.39 is 10.0 Å². The normalized spacial score (nSPS) is 11.5. The van der Waals surface area contributed by atoms with Gasteiger partial charge < -0.3 is 5.32 Å². The van der Waals surface area contributed by atoms with Crippen molar-refractivity contribution >= 4 is 32.3 Å². The van der Waals surface area contributed by atoms with E-state index >= 15 is 0 Å². The fourth-order valence-corrected chi connectivity index (χ4v) is 2.61. The van der Waals surface area contributed by atoms with Crippen molar-refractivity contribution in [2.45, 2.75) is 4.90 Å². The van der Waals surface area contributed by atoms with Crippen molar-refractivity contribution in [1.82, 2.24) is 4.98 Å². The molecule has 0 saturated carbocycles. The first-order chi connectivity index (χ1) is 10.0. The van der Waals surface area contributed by atoms with Crippen molar-refractivity contribution in [2.24, 2.45) is 5.14 Å². The fraction of sp³-hybridized carbons (Fsp3) is 0. The summed E-state index contributed by atoms with van der Waals surface area (Å²) in [5.41, 5.74) is 2.58. The van der Waals surface area contributed by atoms with Crippen molar-refractivity contribution < 1.29 is 8.42 Å². The Hall–Kier alpha value is -2.44. The number of aromatic nitrogens is 1. The molecule has 0 fully saturated rings. The van der Waals surface area contributed by atoms with Gasteiger partial charge in [-0.2, -0.15) is 0 Å².